The second-order valence-electron chi connectivity index (χ2n) is 4.83. The third-order valence-electron chi connectivity index (χ3n) is 3.28. The van der Waals surface area contributed by atoms with Gasteiger partial charge in [-0.2, -0.15) is 5.10 Å². The lowest BCUT2D eigenvalue weighted by Gasteiger charge is -2.14. The maximum atomic E-state index is 13.2. The van der Waals surface area contributed by atoms with E-state index in [2.05, 4.69) is 17.3 Å². The van der Waals surface area contributed by atoms with Gasteiger partial charge in [0, 0.05) is 24.3 Å². The van der Waals surface area contributed by atoms with E-state index in [9.17, 15) is 8.78 Å². The van der Waals surface area contributed by atoms with Gasteiger partial charge in [-0.25, -0.2) is 8.78 Å². The quantitative estimate of drug-likeness (QED) is 0.880. The van der Waals surface area contributed by atoms with Gasteiger partial charge in [-0.1, -0.05) is 13.0 Å². The molecule has 0 bridgehead atoms. The molecule has 1 atom stereocenters. The summed E-state index contributed by atoms with van der Waals surface area (Å²) in [5, 5.41) is 7.48. The Bertz CT molecular complexity index is 566. The van der Waals surface area contributed by atoms with Crippen LogP contribution < -0.4 is 5.32 Å². The Hall–Kier alpha value is -1.75. The van der Waals surface area contributed by atoms with Gasteiger partial charge in [0.05, 0.1) is 6.20 Å². The first-order valence-electron chi connectivity index (χ1n) is 6.77. The fraction of sp³-hybridized carbons (Fsp3) is 0.400. The molecule has 2 rings (SSSR count). The number of rotatable bonds is 6. The van der Waals surface area contributed by atoms with Crippen LogP contribution in [-0.2, 0) is 13.0 Å². The van der Waals surface area contributed by atoms with Gasteiger partial charge in [0.25, 0.3) is 0 Å². The van der Waals surface area contributed by atoms with Crippen molar-refractivity contribution in [2.45, 2.75) is 32.4 Å². The maximum absolute atomic E-state index is 13.2. The minimum atomic E-state index is -0.814. The van der Waals surface area contributed by atoms with Crippen LogP contribution in [0.15, 0.2) is 30.6 Å². The molecule has 3 nitrogen and oxygen atoms in total. The van der Waals surface area contributed by atoms with E-state index < -0.39 is 11.6 Å². The Morgan fingerprint density at radius 1 is 1.30 bits per heavy atom. The molecule has 0 fully saturated rings. The van der Waals surface area contributed by atoms with E-state index in [0.29, 0.717) is 6.42 Å². The van der Waals surface area contributed by atoms with Crippen molar-refractivity contribution in [3.8, 4) is 0 Å². The van der Waals surface area contributed by atoms with Crippen LogP contribution in [-0.4, -0.2) is 16.8 Å². The topological polar surface area (TPSA) is 29.9 Å². The van der Waals surface area contributed by atoms with E-state index in [1.165, 1.54) is 6.07 Å². The van der Waals surface area contributed by atoms with Crippen molar-refractivity contribution in [3.63, 3.8) is 0 Å². The molecule has 20 heavy (non-hydrogen) atoms. The van der Waals surface area contributed by atoms with Gasteiger partial charge in [0.15, 0.2) is 11.6 Å². The van der Waals surface area contributed by atoms with Crippen LogP contribution in [0, 0.1) is 11.6 Å². The van der Waals surface area contributed by atoms with Gasteiger partial charge in [-0.15, -0.1) is 0 Å². The molecule has 2 aromatic rings. The van der Waals surface area contributed by atoms with E-state index in [0.717, 1.165) is 30.2 Å². The Kier molecular flexibility index (Phi) is 4.84. The molecule has 1 heterocycles. The molecule has 0 spiro atoms. The monoisotopic (exact) mass is 279 g/mol. The summed E-state index contributed by atoms with van der Waals surface area (Å²) in [5.41, 5.74) is 1.80. The summed E-state index contributed by atoms with van der Waals surface area (Å²) >= 11 is 0. The van der Waals surface area contributed by atoms with E-state index in [-0.39, 0.29) is 6.04 Å². The van der Waals surface area contributed by atoms with Gasteiger partial charge >= 0.3 is 0 Å². The van der Waals surface area contributed by atoms with Gasteiger partial charge in [0.2, 0.25) is 0 Å². The smallest absolute Gasteiger partial charge is 0.159 e. The molecule has 1 unspecified atom stereocenters. The molecular formula is C15H19F2N3. The molecule has 0 saturated carbocycles. The summed E-state index contributed by atoms with van der Waals surface area (Å²) in [7, 11) is 1.85. The zero-order chi connectivity index (χ0) is 14.5. The predicted molar refractivity (Wildman–Crippen MR) is 74.4 cm³/mol. The van der Waals surface area contributed by atoms with Crippen LogP contribution >= 0.6 is 0 Å². The molecule has 0 radical (unpaired) electrons. The number of nitrogens with zero attached hydrogens (tertiary/aromatic N) is 2. The van der Waals surface area contributed by atoms with Crippen LogP contribution in [0.25, 0.3) is 0 Å². The fourth-order valence-electron chi connectivity index (χ4n) is 2.20. The molecule has 5 heteroatoms. The van der Waals surface area contributed by atoms with Gasteiger partial charge in [-0.05, 0) is 37.6 Å². The Labute approximate surface area is 117 Å². The van der Waals surface area contributed by atoms with E-state index in [4.69, 9.17) is 0 Å². The number of benzene rings is 1. The molecule has 0 aliphatic rings. The third-order valence-corrected chi connectivity index (χ3v) is 3.28. The van der Waals surface area contributed by atoms with E-state index in [1.807, 2.05) is 24.1 Å². The zero-order valence-corrected chi connectivity index (χ0v) is 11.7. The summed E-state index contributed by atoms with van der Waals surface area (Å²) in [4.78, 5) is 0. The third kappa shape index (κ3) is 3.42. The Morgan fingerprint density at radius 2 is 2.10 bits per heavy atom. The highest BCUT2D eigenvalue weighted by Crippen LogP contribution is 2.19. The standard InChI is InChI=1S/C15H19F2N3/c1-3-6-20-10-12(9-19-20)15(18-2)8-11-4-5-13(16)14(17)7-11/h4-5,7,9-10,15,18H,3,6,8H2,1-2H3. The molecule has 0 aliphatic heterocycles. The minimum absolute atomic E-state index is 0.0328. The van der Waals surface area contributed by atoms with E-state index >= 15 is 0 Å². The number of nitrogens with one attached hydrogen (secondary N) is 1. The number of aromatic nitrogens is 2. The SMILES string of the molecule is CCCn1cc(C(Cc2ccc(F)c(F)c2)NC)cn1. The average molecular weight is 279 g/mol. The van der Waals surface area contributed by atoms with Crippen molar-refractivity contribution >= 4 is 0 Å². The largest absolute Gasteiger partial charge is 0.313 e. The van der Waals surface area contributed by atoms with Crippen molar-refractivity contribution in [2.24, 2.45) is 0 Å². The van der Waals surface area contributed by atoms with Crippen molar-refractivity contribution in [2.75, 3.05) is 7.05 Å². The zero-order valence-electron chi connectivity index (χ0n) is 11.7. The molecule has 0 amide bonds. The van der Waals surface area contributed by atoms with Crippen LogP contribution in [0.2, 0.25) is 0 Å². The number of hydrogen-bond acceptors (Lipinski definition) is 2. The average Bonchev–Trinajstić information content (AvgIpc) is 2.89. The molecule has 1 aromatic heterocycles. The predicted octanol–water partition coefficient (Wildman–Crippen LogP) is 3.07. The molecule has 108 valence electrons. The van der Waals surface area contributed by atoms with Gasteiger partial charge < -0.3 is 5.32 Å². The highest BCUT2D eigenvalue weighted by Gasteiger charge is 2.13. The number of aryl methyl sites for hydroxylation is 1. The lowest BCUT2D eigenvalue weighted by molar-refractivity contribution is 0.504. The van der Waals surface area contributed by atoms with Crippen LogP contribution in [0.1, 0.15) is 30.5 Å². The van der Waals surface area contributed by atoms with E-state index in [1.54, 1.807) is 6.07 Å². The number of likely N-dealkylation sites (N-methyl/N-ethyl adjacent to an activating group) is 1. The molecule has 1 aromatic carbocycles. The Morgan fingerprint density at radius 3 is 2.75 bits per heavy atom. The molecule has 0 aliphatic carbocycles. The number of halogens is 2. The normalized spacial score (nSPS) is 12.6. The van der Waals surface area contributed by atoms with Crippen LogP contribution in [0.3, 0.4) is 0 Å². The van der Waals surface area contributed by atoms with Gasteiger partial charge in [0.1, 0.15) is 0 Å². The Balaban J connectivity index is 2.12. The highest BCUT2D eigenvalue weighted by molar-refractivity contribution is 5.22. The van der Waals surface area contributed by atoms with Crippen molar-refractivity contribution in [1.82, 2.24) is 15.1 Å². The summed E-state index contributed by atoms with van der Waals surface area (Å²) in [5.74, 6) is -1.62. The van der Waals surface area contributed by atoms with Crippen LogP contribution in [0.5, 0.6) is 0 Å². The van der Waals surface area contributed by atoms with Crippen molar-refractivity contribution in [3.05, 3.63) is 53.4 Å². The maximum Gasteiger partial charge on any atom is 0.159 e. The first kappa shape index (κ1) is 14.7. The lowest BCUT2D eigenvalue weighted by atomic mass is 10.0. The highest BCUT2D eigenvalue weighted by atomic mass is 19.2. The summed E-state index contributed by atoms with van der Waals surface area (Å²) in [6, 6.07) is 4.05. The first-order valence-corrected chi connectivity index (χ1v) is 6.77. The molecule has 1 N–H and O–H groups in total. The molecule has 0 saturated heterocycles. The summed E-state index contributed by atoms with van der Waals surface area (Å²) < 4.78 is 28.0. The van der Waals surface area contributed by atoms with Crippen molar-refractivity contribution in [1.29, 1.82) is 0 Å². The first-order chi connectivity index (χ1) is 9.63. The number of hydrogen-bond donors (Lipinski definition) is 1. The second-order valence-corrected chi connectivity index (χ2v) is 4.83. The molecular weight excluding hydrogens is 260 g/mol. The minimum Gasteiger partial charge on any atom is -0.313 e. The van der Waals surface area contributed by atoms with Crippen LogP contribution in [0.4, 0.5) is 8.78 Å². The summed E-state index contributed by atoms with van der Waals surface area (Å²) in [6.45, 7) is 2.97. The fourth-order valence-corrected chi connectivity index (χ4v) is 2.20. The summed E-state index contributed by atoms with van der Waals surface area (Å²) in [6.07, 6.45) is 5.42. The van der Waals surface area contributed by atoms with Gasteiger partial charge in [-0.3, -0.25) is 4.68 Å². The lowest BCUT2D eigenvalue weighted by Crippen LogP contribution is -2.18. The van der Waals surface area contributed by atoms with Crippen molar-refractivity contribution < 1.29 is 8.78 Å². The second kappa shape index (κ2) is 6.61.